The lowest BCUT2D eigenvalue weighted by atomic mass is 9.33. The SMILES string of the molecule is CCCCC(N)C(=O)NC12CC(Cn3c(C#N)cc4c(C)c(CN5CCC(Nc6ncnc7sc(CC(F)(F)F)cc67)CC5)ccc43)(C1)[C@@H]2C. The highest BCUT2D eigenvalue weighted by atomic mass is 32.1. The highest BCUT2D eigenvalue weighted by molar-refractivity contribution is 7.18. The Bertz CT molecular complexity index is 1950. The van der Waals surface area contributed by atoms with Crippen molar-refractivity contribution in [3.63, 3.8) is 0 Å². The number of rotatable bonds is 12. The maximum Gasteiger partial charge on any atom is 0.393 e. The van der Waals surface area contributed by atoms with Gasteiger partial charge in [0.05, 0.1) is 17.8 Å². The summed E-state index contributed by atoms with van der Waals surface area (Å²) < 4.78 is 41.1. The fourth-order valence-corrected chi connectivity index (χ4v) is 9.75. The lowest BCUT2D eigenvalue weighted by Gasteiger charge is -2.76. The maximum atomic E-state index is 13.0. The molecule has 1 aromatic carbocycles. The number of nitrogens with two attached hydrogens (primary N) is 1. The van der Waals surface area contributed by atoms with Gasteiger partial charge in [0.15, 0.2) is 0 Å². The minimum atomic E-state index is -4.26. The number of nitrogens with one attached hydrogen (secondary N) is 2. The van der Waals surface area contributed by atoms with Gasteiger partial charge in [-0.3, -0.25) is 9.69 Å². The van der Waals surface area contributed by atoms with Crippen molar-refractivity contribution in [2.24, 2.45) is 17.1 Å². The second kappa shape index (κ2) is 13.1. The van der Waals surface area contributed by atoms with E-state index in [2.05, 4.69) is 69.0 Å². The summed E-state index contributed by atoms with van der Waals surface area (Å²) in [5.41, 5.74) is 10.2. The molecule has 1 saturated heterocycles. The smallest absolute Gasteiger partial charge is 0.367 e. The molecule has 4 fully saturated rings. The third kappa shape index (κ3) is 6.35. The summed E-state index contributed by atoms with van der Waals surface area (Å²) in [6.45, 7) is 9.76. The molecule has 0 spiro atoms. The van der Waals surface area contributed by atoms with Gasteiger partial charge in [0.2, 0.25) is 5.91 Å². The molecule has 1 unspecified atom stereocenters. The Balaban J connectivity index is 0.975. The number of hydrogen-bond acceptors (Lipinski definition) is 8. The molecular weight excluding hydrogens is 662 g/mol. The molecule has 3 aromatic heterocycles. The summed E-state index contributed by atoms with van der Waals surface area (Å²) in [6.07, 6.45) is 2.45. The van der Waals surface area contributed by atoms with Gasteiger partial charge in [-0.25, -0.2) is 9.97 Å². The van der Waals surface area contributed by atoms with Crippen molar-refractivity contribution in [2.75, 3.05) is 18.4 Å². The molecule has 266 valence electrons. The fourth-order valence-electron chi connectivity index (χ4n) is 8.72. The predicted octanol–water partition coefficient (Wildman–Crippen LogP) is 6.81. The first-order valence-electron chi connectivity index (χ1n) is 17.7. The first kappa shape index (κ1) is 34.7. The fraction of sp³-hybridized carbons (Fsp3) is 0.568. The molecule has 4 heterocycles. The Kier molecular flexibility index (Phi) is 9.10. The number of benzene rings is 1. The van der Waals surface area contributed by atoms with Gasteiger partial charge in [-0.1, -0.05) is 32.8 Å². The Morgan fingerprint density at radius 3 is 2.64 bits per heavy atom. The normalized spacial score (nSPS) is 24.5. The van der Waals surface area contributed by atoms with Crippen LogP contribution < -0.4 is 16.4 Å². The monoisotopic (exact) mass is 706 g/mol. The Morgan fingerprint density at radius 2 is 1.96 bits per heavy atom. The van der Waals surface area contributed by atoms with Crippen LogP contribution in [0.1, 0.15) is 80.5 Å². The van der Waals surface area contributed by atoms with E-state index >= 15 is 0 Å². The number of amides is 1. The van der Waals surface area contributed by atoms with Crippen LogP contribution >= 0.6 is 11.3 Å². The number of anilines is 1. The second-order valence-electron chi connectivity index (χ2n) is 15.0. The van der Waals surface area contributed by atoms with E-state index in [4.69, 9.17) is 5.73 Å². The van der Waals surface area contributed by atoms with E-state index in [0.717, 1.165) is 86.9 Å². The number of unbranched alkanes of at least 4 members (excludes halogenated alkanes) is 1. The highest BCUT2D eigenvalue weighted by Crippen LogP contribution is 2.72. The molecule has 0 radical (unpaired) electrons. The maximum absolute atomic E-state index is 13.0. The molecule has 1 amide bonds. The zero-order valence-electron chi connectivity index (χ0n) is 28.9. The average Bonchev–Trinajstić information content (AvgIpc) is 3.65. The largest absolute Gasteiger partial charge is 0.393 e. The van der Waals surface area contributed by atoms with E-state index in [9.17, 15) is 23.2 Å². The van der Waals surface area contributed by atoms with Crippen molar-refractivity contribution in [2.45, 2.75) is 109 Å². The number of thiophene rings is 1. The van der Waals surface area contributed by atoms with Crippen LogP contribution in [0, 0.1) is 29.6 Å². The van der Waals surface area contributed by atoms with Crippen molar-refractivity contribution < 1.29 is 18.0 Å². The van der Waals surface area contributed by atoms with Crippen LogP contribution in [0.5, 0.6) is 0 Å². The molecule has 8 rings (SSSR count). The summed E-state index contributed by atoms with van der Waals surface area (Å²) in [5, 5.41) is 18.6. The number of aromatic nitrogens is 3. The van der Waals surface area contributed by atoms with Crippen LogP contribution in [0.3, 0.4) is 0 Å². The van der Waals surface area contributed by atoms with Gasteiger partial charge in [0.25, 0.3) is 0 Å². The quantitative estimate of drug-likeness (QED) is 0.148. The van der Waals surface area contributed by atoms with Gasteiger partial charge in [-0.15, -0.1) is 11.3 Å². The zero-order valence-corrected chi connectivity index (χ0v) is 29.7. The average molecular weight is 707 g/mol. The van der Waals surface area contributed by atoms with Gasteiger partial charge in [-0.2, -0.15) is 18.4 Å². The number of likely N-dealkylation sites (tertiary alicyclic amines) is 1. The Morgan fingerprint density at radius 1 is 1.20 bits per heavy atom. The number of piperidine rings is 1. The van der Waals surface area contributed by atoms with Crippen LogP contribution in [-0.4, -0.2) is 62.2 Å². The number of nitriles is 1. The third-order valence-corrected chi connectivity index (χ3v) is 12.8. The molecule has 13 heteroatoms. The van der Waals surface area contributed by atoms with Crippen LogP contribution in [0.15, 0.2) is 30.6 Å². The van der Waals surface area contributed by atoms with Crippen LogP contribution in [0.2, 0.25) is 0 Å². The van der Waals surface area contributed by atoms with Crippen molar-refractivity contribution >= 4 is 44.2 Å². The van der Waals surface area contributed by atoms with Gasteiger partial charge in [0, 0.05) is 53.5 Å². The number of nitrogens with zero attached hydrogens (tertiary/aromatic N) is 5. The first-order chi connectivity index (χ1) is 23.8. The van der Waals surface area contributed by atoms with Gasteiger partial charge in [0.1, 0.15) is 28.7 Å². The van der Waals surface area contributed by atoms with E-state index in [1.54, 1.807) is 6.07 Å². The minimum Gasteiger partial charge on any atom is -0.367 e. The lowest BCUT2D eigenvalue weighted by molar-refractivity contribution is -0.228. The standard InChI is InChI=1S/C37H45F3N8OS/c1-4-5-6-30(42)33(49)46-36-18-35(19-36,23(36)3)20-48-26(16-41)13-28-22(2)24(7-8-31(28)48)17-47-11-9-25(10-12-47)45-32-29-14-27(15-37(38,39)40)50-34(29)44-21-43-32/h7-8,13-14,21,23,25,30H,4-6,9-12,15,17-20,42H2,1-3H3,(H,46,49)(H,43,44,45)/t23-,30?,35?,36?/m0/s1. The lowest BCUT2D eigenvalue weighted by Crippen LogP contribution is -2.82. The summed E-state index contributed by atoms with van der Waals surface area (Å²) in [4.78, 5) is 24.6. The number of alkyl halides is 3. The van der Waals surface area contributed by atoms with E-state index in [1.165, 1.54) is 17.5 Å². The molecule has 3 saturated carbocycles. The number of aryl methyl sites for hydroxylation is 1. The number of fused-ring (bicyclic) bond motifs is 2. The molecule has 1 aliphatic heterocycles. The molecular formula is C37H45F3N8OS. The van der Waals surface area contributed by atoms with Gasteiger partial charge >= 0.3 is 6.18 Å². The van der Waals surface area contributed by atoms with Gasteiger partial charge in [-0.05, 0) is 79.7 Å². The highest BCUT2D eigenvalue weighted by Gasteiger charge is 2.74. The number of hydrogen-bond donors (Lipinski definition) is 3. The Hall–Kier alpha value is -3.73. The minimum absolute atomic E-state index is 0.0432. The molecule has 3 aliphatic carbocycles. The van der Waals surface area contributed by atoms with Gasteiger partial charge < -0.3 is 20.9 Å². The van der Waals surface area contributed by atoms with E-state index in [0.29, 0.717) is 34.1 Å². The summed E-state index contributed by atoms with van der Waals surface area (Å²) in [7, 11) is 0. The van der Waals surface area contributed by atoms with Crippen LogP contribution in [-0.2, 0) is 24.3 Å². The van der Waals surface area contributed by atoms with Crippen LogP contribution in [0.25, 0.3) is 21.1 Å². The summed E-state index contributed by atoms with van der Waals surface area (Å²) >= 11 is 1.06. The van der Waals surface area contributed by atoms with E-state index in [1.807, 2.05) is 6.07 Å². The summed E-state index contributed by atoms with van der Waals surface area (Å²) in [5.74, 6) is 0.868. The Labute approximate surface area is 294 Å². The van der Waals surface area contributed by atoms with E-state index in [-0.39, 0.29) is 27.8 Å². The third-order valence-electron chi connectivity index (χ3n) is 11.8. The van der Waals surface area contributed by atoms with Crippen LogP contribution in [0.4, 0.5) is 19.0 Å². The number of halogens is 3. The number of carbonyl (C=O) groups is 1. The second-order valence-corrected chi connectivity index (χ2v) is 16.1. The van der Waals surface area contributed by atoms with Crippen molar-refractivity contribution in [1.82, 2.24) is 24.8 Å². The van der Waals surface area contributed by atoms with Crippen molar-refractivity contribution in [3.8, 4) is 6.07 Å². The molecule has 2 bridgehead atoms. The topological polar surface area (TPSA) is 125 Å². The number of carbonyl (C=O) groups excluding carboxylic acids is 1. The first-order valence-corrected chi connectivity index (χ1v) is 18.5. The molecule has 4 aromatic rings. The molecule has 50 heavy (non-hydrogen) atoms. The predicted molar refractivity (Wildman–Crippen MR) is 190 cm³/mol. The van der Waals surface area contributed by atoms with E-state index < -0.39 is 18.6 Å². The summed E-state index contributed by atoms with van der Waals surface area (Å²) in [6, 6.07) is 10.1. The van der Waals surface area contributed by atoms with Crippen molar-refractivity contribution in [3.05, 3.63) is 52.3 Å². The molecule has 4 N–H and O–H groups in total. The molecule has 4 aliphatic rings. The molecule has 2 atom stereocenters. The zero-order chi connectivity index (χ0) is 35.4. The van der Waals surface area contributed by atoms with Crippen molar-refractivity contribution in [1.29, 1.82) is 5.26 Å². The molecule has 9 nitrogen and oxygen atoms in total.